The number of hydrogen-bond acceptors (Lipinski definition) is 7. The van der Waals surface area contributed by atoms with Crippen LogP contribution < -0.4 is 18.9 Å². The number of nitrogens with zero attached hydrogens (tertiary/aromatic N) is 1. The van der Waals surface area contributed by atoms with Gasteiger partial charge in [-0.25, -0.2) is 4.79 Å². The lowest BCUT2D eigenvalue weighted by atomic mass is 10.2. The molecule has 0 heterocycles. The number of carboxylic acid groups (broad SMARTS) is 1. The van der Waals surface area contributed by atoms with Gasteiger partial charge < -0.3 is 24.1 Å². The maximum absolute atomic E-state index is 10.9. The van der Waals surface area contributed by atoms with Crippen molar-refractivity contribution in [3.63, 3.8) is 0 Å². The largest absolute Gasteiger partial charge is 0.511 e. The Bertz CT molecular complexity index is 767. The number of nitro benzene ring substituents is 1. The zero-order valence-corrected chi connectivity index (χ0v) is 13.4. The first-order valence-electron chi connectivity index (χ1n) is 6.97. The highest BCUT2D eigenvalue weighted by molar-refractivity contribution is 5.64. The number of methoxy groups -OCH3 is 2. The quantitative estimate of drug-likeness (QED) is 0.350. The molecular formula is C16H15NO8. The van der Waals surface area contributed by atoms with Crippen molar-refractivity contribution in [2.45, 2.75) is 6.61 Å². The van der Waals surface area contributed by atoms with E-state index in [9.17, 15) is 14.9 Å². The summed E-state index contributed by atoms with van der Waals surface area (Å²) in [5, 5.41) is 19.6. The highest BCUT2D eigenvalue weighted by Crippen LogP contribution is 2.33. The molecule has 0 aliphatic rings. The fourth-order valence-corrected chi connectivity index (χ4v) is 2.01. The van der Waals surface area contributed by atoms with Crippen molar-refractivity contribution in [2.24, 2.45) is 0 Å². The molecule has 2 aromatic rings. The number of hydrogen-bond donors (Lipinski definition) is 1. The molecule has 1 N–H and O–H groups in total. The molecule has 0 spiro atoms. The summed E-state index contributed by atoms with van der Waals surface area (Å²) in [6.07, 6.45) is -1.55. The second kappa shape index (κ2) is 7.86. The molecule has 2 aromatic carbocycles. The Hall–Kier alpha value is -3.49. The maximum Gasteiger partial charge on any atom is 0.511 e. The fraction of sp³-hybridized carbons (Fsp3) is 0.188. The van der Waals surface area contributed by atoms with Crippen LogP contribution in [0.25, 0.3) is 0 Å². The van der Waals surface area contributed by atoms with Gasteiger partial charge >= 0.3 is 6.16 Å². The molecule has 0 radical (unpaired) electrons. The molecule has 0 saturated carbocycles. The lowest BCUT2D eigenvalue weighted by Crippen LogP contribution is -2.06. The van der Waals surface area contributed by atoms with Crippen molar-refractivity contribution in [3.05, 3.63) is 52.1 Å². The first kappa shape index (κ1) is 17.9. The Morgan fingerprint density at radius 3 is 2.24 bits per heavy atom. The van der Waals surface area contributed by atoms with Gasteiger partial charge in [0.25, 0.3) is 5.69 Å². The minimum absolute atomic E-state index is 0.00922. The molecule has 0 aromatic heterocycles. The van der Waals surface area contributed by atoms with Crippen molar-refractivity contribution in [3.8, 4) is 23.0 Å². The van der Waals surface area contributed by atoms with Crippen molar-refractivity contribution in [1.82, 2.24) is 0 Å². The molecule has 0 amide bonds. The molecule has 0 fully saturated rings. The van der Waals surface area contributed by atoms with Gasteiger partial charge in [-0.15, -0.1) is 0 Å². The van der Waals surface area contributed by atoms with E-state index in [1.165, 1.54) is 14.2 Å². The van der Waals surface area contributed by atoms with Gasteiger partial charge in [-0.2, -0.15) is 0 Å². The molecule has 0 aliphatic carbocycles. The second-order valence-electron chi connectivity index (χ2n) is 4.77. The van der Waals surface area contributed by atoms with Crippen LogP contribution in [0.4, 0.5) is 10.5 Å². The first-order chi connectivity index (χ1) is 11.9. The molecule has 132 valence electrons. The Morgan fingerprint density at radius 1 is 1.08 bits per heavy atom. The predicted molar refractivity (Wildman–Crippen MR) is 85.6 cm³/mol. The monoisotopic (exact) mass is 349 g/mol. The second-order valence-corrected chi connectivity index (χ2v) is 4.77. The van der Waals surface area contributed by atoms with Crippen molar-refractivity contribution >= 4 is 11.8 Å². The van der Waals surface area contributed by atoms with E-state index < -0.39 is 11.1 Å². The highest BCUT2D eigenvalue weighted by Gasteiger charge is 2.16. The van der Waals surface area contributed by atoms with Crippen LogP contribution in [0.3, 0.4) is 0 Å². The number of non-ortho nitro benzene ring substituents is 1. The SMILES string of the molecule is COc1cc(COc2cc([N+](=O)[O-])ccc2OC(=O)O)cc(OC)c1. The third-order valence-electron chi connectivity index (χ3n) is 3.14. The van der Waals surface area contributed by atoms with Crippen LogP contribution in [-0.2, 0) is 6.61 Å². The van der Waals surface area contributed by atoms with Gasteiger partial charge in [-0.05, 0) is 23.8 Å². The summed E-state index contributed by atoms with van der Waals surface area (Å²) in [5.74, 6) is 0.865. The Labute approximate surface area is 142 Å². The van der Waals surface area contributed by atoms with Crippen LogP contribution in [0, 0.1) is 10.1 Å². The van der Waals surface area contributed by atoms with Gasteiger partial charge in [0.15, 0.2) is 11.5 Å². The number of rotatable bonds is 7. The van der Waals surface area contributed by atoms with E-state index >= 15 is 0 Å². The summed E-state index contributed by atoms with van der Waals surface area (Å²) in [6.45, 7) is -0.00922. The van der Waals surface area contributed by atoms with Gasteiger partial charge in [0.1, 0.15) is 18.1 Å². The van der Waals surface area contributed by atoms with Crippen LogP contribution in [0.2, 0.25) is 0 Å². The van der Waals surface area contributed by atoms with Crippen molar-refractivity contribution in [2.75, 3.05) is 14.2 Å². The van der Waals surface area contributed by atoms with Gasteiger partial charge in [0.05, 0.1) is 25.2 Å². The van der Waals surface area contributed by atoms with Crippen LogP contribution in [0.15, 0.2) is 36.4 Å². The number of nitro groups is 1. The molecule has 0 aliphatic heterocycles. The first-order valence-corrected chi connectivity index (χ1v) is 6.97. The molecule has 0 saturated heterocycles. The minimum Gasteiger partial charge on any atom is -0.497 e. The van der Waals surface area contributed by atoms with E-state index in [1.54, 1.807) is 18.2 Å². The van der Waals surface area contributed by atoms with Gasteiger partial charge in [-0.3, -0.25) is 10.1 Å². The standard InChI is InChI=1S/C16H15NO8/c1-22-12-5-10(6-13(8-12)23-2)9-24-15-7-11(17(20)21)3-4-14(15)25-16(18)19/h3-8H,9H2,1-2H3,(H,18,19). The average molecular weight is 349 g/mol. The van der Waals surface area contributed by atoms with Gasteiger partial charge in [-0.1, -0.05) is 0 Å². The number of ether oxygens (including phenoxy) is 4. The molecule has 9 nitrogen and oxygen atoms in total. The third kappa shape index (κ3) is 4.74. The molecule has 2 rings (SSSR count). The summed E-state index contributed by atoms with van der Waals surface area (Å²) in [5.41, 5.74) is 0.403. The maximum atomic E-state index is 10.9. The fourth-order valence-electron chi connectivity index (χ4n) is 2.01. The smallest absolute Gasteiger partial charge is 0.497 e. The average Bonchev–Trinajstić information content (AvgIpc) is 2.59. The summed E-state index contributed by atoms with van der Waals surface area (Å²) in [6, 6.07) is 8.44. The molecule has 0 unspecified atom stereocenters. The number of benzene rings is 2. The summed E-state index contributed by atoms with van der Waals surface area (Å²) in [7, 11) is 3.00. The van der Waals surface area contributed by atoms with E-state index in [1.807, 2.05) is 0 Å². The predicted octanol–water partition coefficient (Wildman–Crippen LogP) is 3.25. The topological polar surface area (TPSA) is 117 Å². The Balaban J connectivity index is 2.27. The van der Waals surface area contributed by atoms with Crippen molar-refractivity contribution < 1.29 is 33.8 Å². The van der Waals surface area contributed by atoms with E-state index in [4.69, 9.17) is 19.3 Å². The van der Waals surface area contributed by atoms with Crippen LogP contribution >= 0.6 is 0 Å². The zero-order valence-electron chi connectivity index (χ0n) is 13.4. The summed E-state index contributed by atoms with van der Waals surface area (Å²) >= 11 is 0. The van der Waals surface area contributed by atoms with Crippen LogP contribution in [-0.4, -0.2) is 30.4 Å². The van der Waals surface area contributed by atoms with E-state index in [2.05, 4.69) is 4.74 Å². The van der Waals surface area contributed by atoms with Gasteiger partial charge in [0, 0.05) is 12.1 Å². The lowest BCUT2D eigenvalue weighted by Gasteiger charge is -2.12. The third-order valence-corrected chi connectivity index (χ3v) is 3.14. The number of carbonyl (C=O) groups is 1. The van der Waals surface area contributed by atoms with Crippen LogP contribution in [0.1, 0.15) is 5.56 Å². The van der Waals surface area contributed by atoms with E-state index in [0.29, 0.717) is 17.1 Å². The van der Waals surface area contributed by atoms with Crippen LogP contribution in [0.5, 0.6) is 23.0 Å². The Kier molecular flexibility index (Phi) is 5.62. The zero-order chi connectivity index (χ0) is 18.4. The highest BCUT2D eigenvalue weighted by atomic mass is 16.7. The molecule has 25 heavy (non-hydrogen) atoms. The molecule has 9 heteroatoms. The lowest BCUT2D eigenvalue weighted by molar-refractivity contribution is -0.385. The summed E-state index contributed by atoms with van der Waals surface area (Å²) in [4.78, 5) is 21.0. The molecule has 0 bridgehead atoms. The Morgan fingerprint density at radius 2 is 1.72 bits per heavy atom. The van der Waals surface area contributed by atoms with Crippen molar-refractivity contribution in [1.29, 1.82) is 0 Å². The van der Waals surface area contributed by atoms with Gasteiger partial charge in [0.2, 0.25) is 0 Å². The van der Waals surface area contributed by atoms with E-state index in [-0.39, 0.29) is 23.8 Å². The summed E-state index contributed by atoms with van der Waals surface area (Å²) < 4.78 is 20.4. The minimum atomic E-state index is -1.55. The van der Waals surface area contributed by atoms with E-state index in [0.717, 1.165) is 18.2 Å². The molecule has 0 atom stereocenters. The molecular weight excluding hydrogens is 334 g/mol. The normalized spacial score (nSPS) is 10.0.